The summed E-state index contributed by atoms with van der Waals surface area (Å²) in [5, 5.41) is 0.674. The highest BCUT2D eigenvalue weighted by Gasteiger charge is 2.01. The monoisotopic (exact) mass is 206 g/mol. The SMILES string of the molecule is Nc1ccccc1CSc1ncco1. The molecule has 0 radical (unpaired) electrons. The minimum absolute atomic E-state index is 0.674. The molecule has 1 aromatic carbocycles. The van der Waals surface area contributed by atoms with E-state index in [2.05, 4.69) is 4.98 Å². The van der Waals surface area contributed by atoms with Gasteiger partial charge in [-0.05, 0) is 11.6 Å². The van der Waals surface area contributed by atoms with Gasteiger partial charge in [-0.25, -0.2) is 4.98 Å². The minimum Gasteiger partial charge on any atom is -0.440 e. The van der Waals surface area contributed by atoms with Gasteiger partial charge >= 0.3 is 0 Å². The number of hydrogen-bond acceptors (Lipinski definition) is 4. The average molecular weight is 206 g/mol. The van der Waals surface area contributed by atoms with Crippen LogP contribution < -0.4 is 5.73 Å². The molecule has 14 heavy (non-hydrogen) atoms. The summed E-state index contributed by atoms with van der Waals surface area (Å²) in [6.45, 7) is 0. The molecule has 4 heteroatoms. The van der Waals surface area contributed by atoms with Crippen molar-refractivity contribution in [2.45, 2.75) is 11.0 Å². The van der Waals surface area contributed by atoms with E-state index in [4.69, 9.17) is 10.2 Å². The van der Waals surface area contributed by atoms with Crippen molar-refractivity contribution < 1.29 is 4.42 Å². The molecule has 2 aromatic rings. The highest BCUT2D eigenvalue weighted by atomic mass is 32.2. The maximum atomic E-state index is 5.80. The van der Waals surface area contributed by atoms with Gasteiger partial charge in [0.2, 0.25) is 0 Å². The van der Waals surface area contributed by atoms with E-state index in [1.807, 2.05) is 24.3 Å². The van der Waals surface area contributed by atoms with Crippen LogP contribution in [0, 0.1) is 0 Å². The van der Waals surface area contributed by atoms with Gasteiger partial charge in [-0.15, -0.1) is 0 Å². The minimum atomic E-state index is 0.674. The summed E-state index contributed by atoms with van der Waals surface area (Å²) >= 11 is 1.54. The third kappa shape index (κ3) is 2.09. The third-order valence-corrected chi connectivity index (χ3v) is 2.72. The van der Waals surface area contributed by atoms with Crippen LogP contribution in [0.15, 0.2) is 46.4 Å². The Labute approximate surface area is 86.3 Å². The summed E-state index contributed by atoms with van der Waals surface area (Å²) in [7, 11) is 0. The van der Waals surface area contributed by atoms with Gasteiger partial charge in [-0.1, -0.05) is 30.0 Å². The van der Waals surface area contributed by atoms with Gasteiger partial charge in [0.05, 0.1) is 6.20 Å². The highest BCUT2D eigenvalue weighted by molar-refractivity contribution is 7.98. The molecule has 0 saturated heterocycles. The van der Waals surface area contributed by atoms with E-state index in [0.717, 1.165) is 17.0 Å². The molecule has 0 spiro atoms. The summed E-state index contributed by atoms with van der Waals surface area (Å²) in [4.78, 5) is 4.02. The lowest BCUT2D eigenvalue weighted by Gasteiger charge is -2.01. The molecule has 1 heterocycles. The second-order valence-corrected chi connectivity index (χ2v) is 3.71. The number of para-hydroxylation sites is 1. The van der Waals surface area contributed by atoms with Crippen molar-refractivity contribution in [3.63, 3.8) is 0 Å². The van der Waals surface area contributed by atoms with Crippen LogP contribution >= 0.6 is 11.8 Å². The molecule has 0 amide bonds. The van der Waals surface area contributed by atoms with Crippen LogP contribution in [0.2, 0.25) is 0 Å². The fourth-order valence-corrected chi connectivity index (χ4v) is 1.89. The van der Waals surface area contributed by atoms with Crippen LogP contribution in [0.1, 0.15) is 5.56 Å². The lowest BCUT2D eigenvalue weighted by Crippen LogP contribution is -1.91. The second-order valence-electron chi connectivity index (χ2n) is 2.79. The predicted molar refractivity (Wildman–Crippen MR) is 56.9 cm³/mol. The van der Waals surface area contributed by atoms with E-state index in [-0.39, 0.29) is 0 Å². The van der Waals surface area contributed by atoms with Crippen LogP contribution in [-0.4, -0.2) is 4.98 Å². The fraction of sp³-hybridized carbons (Fsp3) is 0.100. The topological polar surface area (TPSA) is 52.0 Å². The van der Waals surface area contributed by atoms with E-state index in [1.54, 1.807) is 12.5 Å². The summed E-state index contributed by atoms with van der Waals surface area (Å²) in [6.07, 6.45) is 3.20. The van der Waals surface area contributed by atoms with E-state index in [9.17, 15) is 0 Å². The van der Waals surface area contributed by atoms with Crippen LogP contribution in [0.3, 0.4) is 0 Å². The van der Waals surface area contributed by atoms with Crippen LogP contribution in [0.4, 0.5) is 5.69 Å². The number of benzene rings is 1. The highest BCUT2D eigenvalue weighted by Crippen LogP contribution is 2.23. The van der Waals surface area contributed by atoms with Crippen molar-refractivity contribution in [2.24, 2.45) is 0 Å². The summed E-state index contributed by atoms with van der Waals surface area (Å²) in [6, 6.07) is 7.80. The molecule has 3 nitrogen and oxygen atoms in total. The number of hydrogen-bond donors (Lipinski definition) is 1. The van der Waals surface area contributed by atoms with Gasteiger partial charge in [-0.3, -0.25) is 0 Å². The smallest absolute Gasteiger partial charge is 0.255 e. The zero-order valence-electron chi connectivity index (χ0n) is 7.51. The van der Waals surface area contributed by atoms with Crippen molar-refractivity contribution in [1.29, 1.82) is 0 Å². The number of anilines is 1. The van der Waals surface area contributed by atoms with E-state index in [0.29, 0.717) is 5.22 Å². The Kier molecular flexibility index (Phi) is 2.74. The lowest BCUT2D eigenvalue weighted by molar-refractivity contribution is 0.454. The zero-order valence-corrected chi connectivity index (χ0v) is 8.33. The molecule has 0 unspecified atom stereocenters. The van der Waals surface area contributed by atoms with Crippen LogP contribution in [0.25, 0.3) is 0 Å². The Morgan fingerprint density at radius 1 is 1.36 bits per heavy atom. The molecular formula is C10H10N2OS. The van der Waals surface area contributed by atoms with Crippen molar-refractivity contribution in [3.8, 4) is 0 Å². The molecule has 0 aliphatic rings. The standard InChI is InChI=1S/C10H10N2OS/c11-9-4-2-1-3-8(9)7-14-10-12-5-6-13-10/h1-6H,7,11H2. The molecule has 0 aliphatic carbocycles. The van der Waals surface area contributed by atoms with Crippen LogP contribution in [0.5, 0.6) is 0 Å². The van der Waals surface area contributed by atoms with Crippen molar-refractivity contribution in [1.82, 2.24) is 4.98 Å². The van der Waals surface area contributed by atoms with Gasteiger partial charge in [0, 0.05) is 11.4 Å². The Hall–Kier alpha value is -1.42. The van der Waals surface area contributed by atoms with Gasteiger partial charge in [0.1, 0.15) is 6.26 Å². The van der Waals surface area contributed by atoms with Gasteiger partial charge < -0.3 is 10.2 Å². The first kappa shape index (κ1) is 9.15. The van der Waals surface area contributed by atoms with E-state index in [1.165, 1.54) is 11.8 Å². The van der Waals surface area contributed by atoms with Crippen molar-refractivity contribution >= 4 is 17.4 Å². The fourth-order valence-electron chi connectivity index (χ4n) is 1.09. The molecule has 1 aromatic heterocycles. The van der Waals surface area contributed by atoms with E-state index >= 15 is 0 Å². The Bertz CT molecular complexity index is 400. The molecule has 2 N–H and O–H groups in total. The molecule has 0 saturated carbocycles. The Morgan fingerprint density at radius 2 is 2.21 bits per heavy atom. The maximum Gasteiger partial charge on any atom is 0.255 e. The number of aromatic nitrogens is 1. The number of oxazole rings is 1. The molecule has 2 rings (SSSR count). The molecule has 0 atom stereocenters. The zero-order chi connectivity index (χ0) is 9.80. The normalized spacial score (nSPS) is 10.3. The second kappa shape index (κ2) is 4.19. The molecule has 0 aliphatic heterocycles. The number of nitrogen functional groups attached to an aromatic ring is 1. The number of nitrogens with two attached hydrogens (primary N) is 1. The first-order valence-electron chi connectivity index (χ1n) is 4.22. The molecule has 0 bridgehead atoms. The molecular weight excluding hydrogens is 196 g/mol. The van der Waals surface area contributed by atoms with Crippen LogP contribution in [-0.2, 0) is 5.75 Å². The summed E-state index contributed by atoms with van der Waals surface area (Å²) in [5.74, 6) is 0.785. The number of nitrogens with zero attached hydrogens (tertiary/aromatic N) is 1. The lowest BCUT2D eigenvalue weighted by atomic mass is 10.2. The summed E-state index contributed by atoms with van der Waals surface area (Å²) < 4.78 is 5.11. The van der Waals surface area contributed by atoms with E-state index < -0.39 is 0 Å². The van der Waals surface area contributed by atoms with Gasteiger partial charge in [0.25, 0.3) is 5.22 Å². The maximum absolute atomic E-state index is 5.80. The van der Waals surface area contributed by atoms with Gasteiger partial charge in [0.15, 0.2) is 0 Å². The first-order valence-corrected chi connectivity index (χ1v) is 5.20. The quantitative estimate of drug-likeness (QED) is 0.619. The van der Waals surface area contributed by atoms with Gasteiger partial charge in [-0.2, -0.15) is 0 Å². The molecule has 72 valence electrons. The first-order chi connectivity index (χ1) is 6.86. The number of thioether (sulfide) groups is 1. The largest absolute Gasteiger partial charge is 0.440 e. The Balaban J connectivity index is 2.02. The predicted octanol–water partition coefficient (Wildman–Crippen LogP) is 2.55. The Morgan fingerprint density at radius 3 is 2.93 bits per heavy atom. The van der Waals surface area contributed by atoms with Crippen molar-refractivity contribution in [2.75, 3.05) is 5.73 Å². The van der Waals surface area contributed by atoms with Crippen molar-refractivity contribution in [3.05, 3.63) is 42.3 Å². The number of rotatable bonds is 3. The third-order valence-electron chi connectivity index (χ3n) is 1.82. The molecule has 0 fully saturated rings. The summed E-state index contributed by atoms with van der Waals surface area (Å²) in [5.41, 5.74) is 7.71. The average Bonchev–Trinajstić information content (AvgIpc) is 2.69.